The molecule has 0 aliphatic rings. The van der Waals surface area contributed by atoms with Gasteiger partial charge in [0.1, 0.15) is 0 Å². The summed E-state index contributed by atoms with van der Waals surface area (Å²) in [6.45, 7) is 2.57. The van der Waals surface area contributed by atoms with E-state index in [2.05, 4.69) is 5.10 Å². The Morgan fingerprint density at radius 3 is 3.00 bits per heavy atom. The first kappa shape index (κ1) is 11.5. The summed E-state index contributed by atoms with van der Waals surface area (Å²) in [6, 6.07) is 4.72. The van der Waals surface area contributed by atoms with Gasteiger partial charge in [-0.1, -0.05) is 0 Å². The number of nitro benzene ring substituents is 1. The topological polar surface area (TPSA) is 70.2 Å². The molecule has 0 bridgehead atoms. The van der Waals surface area contributed by atoms with E-state index in [9.17, 15) is 10.1 Å². The molecule has 90 valence electrons. The maximum atomic E-state index is 10.6. The number of rotatable bonds is 4. The third-order valence-electron chi connectivity index (χ3n) is 2.67. The van der Waals surface area contributed by atoms with Gasteiger partial charge in [0.15, 0.2) is 0 Å². The van der Waals surface area contributed by atoms with Crippen molar-refractivity contribution >= 4 is 16.6 Å². The van der Waals surface area contributed by atoms with E-state index in [-0.39, 0.29) is 11.8 Å². The minimum atomic E-state index is -0.408. The van der Waals surface area contributed by atoms with E-state index in [1.807, 2.05) is 6.92 Å². The number of aromatic nitrogens is 2. The average Bonchev–Trinajstić information content (AvgIpc) is 2.71. The van der Waals surface area contributed by atoms with Gasteiger partial charge in [0.25, 0.3) is 5.69 Å². The molecule has 0 radical (unpaired) electrons. The van der Waals surface area contributed by atoms with Gasteiger partial charge in [-0.25, -0.2) is 0 Å². The van der Waals surface area contributed by atoms with E-state index in [1.165, 1.54) is 12.1 Å². The van der Waals surface area contributed by atoms with Crippen LogP contribution in [0.2, 0.25) is 0 Å². The minimum absolute atomic E-state index is 0.0493. The first-order valence-corrected chi connectivity index (χ1v) is 5.24. The molecule has 6 nitrogen and oxygen atoms in total. The monoisotopic (exact) mass is 235 g/mol. The van der Waals surface area contributed by atoms with Gasteiger partial charge in [-0.15, -0.1) is 0 Å². The molecule has 0 fully saturated rings. The Balaban J connectivity index is 2.38. The Kier molecular flexibility index (Phi) is 3.06. The summed E-state index contributed by atoms with van der Waals surface area (Å²) in [5.41, 5.74) is 0.955. The largest absolute Gasteiger partial charge is 0.380 e. The van der Waals surface area contributed by atoms with E-state index in [1.54, 1.807) is 24.1 Å². The summed E-state index contributed by atoms with van der Waals surface area (Å²) in [6.07, 6.45) is 1.68. The lowest BCUT2D eigenvalue weighted by Crippen LogP contribution is -2.15. The Labute approximate surface area is 97.9 Å². The van der Waals surface area contributed by atoms with Gasteiger partial charge in [-0.3, -0.25) is 14.8 Å². The molecule has 2 aromatic rings. The SMILES string of the molecule is CO[C@@H](C)Cn1ncc2cc([N+](=O)[O-])ccc21. The highest BCUT2D eigenvalue weighted by Gasteiger charge is 2.11. The Morgan fingerprint density at radius 1 is 1.59 bits per heavy atom. The highest BCUT2D eigenvalue weighted by molar-refractivity contribution is 5.81. The van der Waals surface area contributed by atoms with Crippen molar-refractivity contribution in [1.29, 1.82) is 0 Å². The van der Waals surface area contributed by atoms with Crippen LogP contribution < -0.4 is 0 Å². The van der Waals surface area contributed by atoms with Crippen LogP contribution in [-0.4, -0.2) is 27.9 Å². The molecule has 0 saturated carbocycles. The van der Waals surface area contributed by atoms with E-state index >= 15 is 0 Å². The summed E-state index contributed by atoms with van der Waals surface area (Å²) in [4.78, 5) is 10.2. The highest BCUT2D eigenvalue weighted by atomic mass is 16.6. The Hall–Kier alpha value is -1.95. The first-order valence-electron chi connectivity index (χ1n) is 5.24. The van der Waals surface area contributed by atoms with Gasteiger partial charge >= 0.3 is 0 Å². The quantitative estimate of drug-likeness (QED) is 0.600. The Morgan fingerprint density at radius 2 is 2.35 bits per heavy atom. The lowest BCUT2D eigenvalue weighted by Gasteiger charge is -2.09. The number of hydrogen-bond donors (Lipinski definition) is 0. The molecule has 1 heterocycles. The zero-order chi connectivity index (χ0) is 12.4. The smallest absolute Gasteiger partial charge is 0.270 e. The lowest BCUT2D eigenvalue weighted by molar-refractivity contribution is -0.384. The molecule has 0 amide bonds. The molecule has 17 heavy (non-hydrogen) atoms. The van der Waals surface area contributed by atoms with Crippen LogP contribution in [0.1, 0.15) is 6.92 Å². The molecule has 6 heteroatoms. The van der Waals surface area contributed by atoms with E-state index < -0.39 is 4.92 Å². The molecule has 1 atom stereocenters. The van der Waals surface area contributed by atoms with E-state index in [4.69, 9.17) is 4.74 Å². The average molecular weight is 235 g/mol. The molecular weight excluding hydrogens is 222 g/mol. The number of fused-ring (bicyclic) bond motifs is 1. The highest BCUT2D eigenvalue weighted by Crippen LogP contribution is 2.20. The third-order valence-corrected chi connectivity index (χ3v) is 2.67. The van der Waals surface area contributed by atoms with Crippen LogP contribution in [0.4, 0.5) is 5.69 Å². The van der Waals surface area contributed by atoms with Gasteiger partial charge in [-0.2, -0.15) is 5.10 Å². The van der Waals surface area contributed by atoms with Crippen LogP contribution in [0.5, 0.6) is 0 Å². The second-order valence-corrected chi connectivity index (χ2v) is 3.87. The third kappa shape index (κ3) is 2.26. The fraction of sp³-hybridized carbons (Fsp3) is 0.364. The molecule has 0 saturated heterocycles. The van der Waals surface area contributed by atoms with Crippen LogP contribution in [0, 0.1) is 10.1 Å². The minimum Gasteiger partial charge on any atom is -0.380 e. The van der Waals surface area contributed by atoms with Gasteiger partial charge in [0.05, 0.1) is 29.3 Å². The second kappa shape index (κ2) is 4.50. The maximum Gasteiger partial charge on any atom is 0.270 e. The summed E-state index contributed by atoms with van der Waals surface area (Å²) in [5, 5.41) is 15.6. The number of hydrogen-bond acceptors (Lipinski definition) is 4. The lowest BCUT2D eigenvalue weighted by atomic mass is 10.2. The molecule has 0 aliphatic heterocycles. The Bertz CT molecular complexity index is 550. The van der Waals surface area contributed by atoms with Crippen LogP contribution >= 0.6 is 0 Å². The predicted molar refractivity (Wildman–Crippen MR) is 62.9 cm³/mol. The fourth-order valence-corrected chi connectivity index (χ4v) is 1.65. The summed E-state index contributed by atoms with van der Waals surface area (Å²) in [5.74, 6) is 0. The van der Waals surface area contributed by atoms with Crippen molar-refractivity contribution in [2.24, 2.45) is 0 Å². The molecule has 0 spiro atoms. The zero-order valence-corrected chi connectivity index (χ0v) is 9.66. The molecular formula is C11H13N3O3. The van der Waals surface area contributed by atoms with Crippen molar-refractivity contribution in [3.05, 3.63) is 34.5 Å². The van der Waals surface area contributed by atoms with Crippen molar-refractivity contribution in [3.63, 3.8) is 0 Å². The second-order valence-electron chi connectivity index (χ2n) is 3.87. The normalized spacial score (nSPS) is 12.8. The number of nitro groups is 1. The van der Waals surface area contributed by atoms with E-state index in [0.29, 0.717) is 6.54 Å². The number of nitrogens with zero attached hydrogens (tertiary/aromatic N) is 3. The van der Waals surface area contributed by atoms with Gasteiger partial charge in [0.2, 0.25) is 0 Å². The van der Waals surface area contributed by atoms with Crippen molar-refractivity contribution in [1.82, 2.24) is 9.78 Å². The molecule has 0 N–H and O–H groups in total. The fourth-order valence-electron chi connectivity index (χ4n) is 1.65. The van der Waals surface area contributed by atoms with Gasteiger partial charge < -0.3 is 4.74 Å². The van der Waals surface area contributed by atoms with Crippen molar-refractivity contribution < 1.29 is 9.66 Å². The molecule has 1 aromatic heterocycles. The predicted octanol–water partition coefficient (Wildman–Crippen LogP) is 1.98. The molecule has 0 aliphatic carbocycles. The van der Waals surface area contributed by atoms with Crippen molar-refractivity contribution in [2.45, 2.75) is 19.6 Å². The summed E-state index contributed by atoms with van der Waals surface area (Å²) in [7, 11) is 1.64. The maximum absolute atomic E-state index is 10.6. The van der Waals surface area contributed by atoms with Crippen LogP contribution in [0.25, 0.3) is 10.9 Å². The number of non-ortho nitro benzene ring substituents is 1. The van der Waals surface area contributed by atoms with Crippen LogP contribution in [-0.2, 0) is 11.3 Å². The van der Waals surface area contributed by atoms with Crippen molar-refractivity contribution in [2.75, 3.05) is 7.11 Å². The molecule has 1 aromatic carbocycles. The van der Waals surface area contributed by atoms with Crippen LogP contribution in [0.15, 0.2) is 24.4 Å². The number of benzene rings is 1. The zero-order valence-electron chi connectivity index (χ0n) is 9.66. The van der Waals surface area contributed by atoms with Gasteiger partial charge in [0, 0.05) is 24.6 Å². The van der Waals surface area contributed by atoms with E-state index in [0.717, 1.165) is 10.9 Å². The summed E-state index contributed by atoms with van der Waals surface area (Å²) >= 11 is 0. The van der Waals surface area contributed by atoms with Gasteiger partial charge in [-0.05, 0) is 13.0 Å². The molecule has 0 unspecified atom stereocenters. The standard InChI is InChI=1S/C11H13N3O3/c1-8(17-2)7-13-11-4-3-10(14(15)16)5-9(11)6-12-13/h3-6,8H,7H2,1-2H3/t8-/m0/s1. The van der Waals surface area contributed by atoms with Crippen LogP contribution in [0.3, 0.4) is 0 Å². The van der Waals surface area contributed by atoms with Crippen molar-refractivity contribution in [3.8, 4) is 0 Å². The number of methoxy groups -OCH3 is 1. The number of ether oxygens (including phenoxy) is 1. The summed E-state index contributed by atoms with van der Waals surface area (Å²) < 4.78 is 6.95. The first-order chi connectivity index (χ1) is 8.11. The molecule has 2 rings (SSSR count).